The molecular weight excluding hydrogens is 258 g/mol. The van der Waals surface area contributed by atoms with Gasteiger partial charge < -0.3 is 15.5 Å². The van der Waals surface area contributed by atoms with Crippen molar-refractivity contribution in [1.82, 2.24) is 5.32 Å². The minimum atomic E-state index is -1.12. The highest BCUT2D eigenvalue weighted by atomic mass is 16.4. The topological polar surface area (TPSA) is 86.6 Å². The van der Waals surface area contributed by atoms with Gasteiger partial charge in [0.1, 0.15) is 11.3 Å². The Morgan fingerprint density at radius 2 is 1.90 bits per heavy atom. The van der Waals surface area contributed by atoms with Gasteiger partial charge in [-0.2, -0.15) is 0 Å². The van der Waals surface area contributed by atoms with E-state index >= 15 is 0 Å². The molecule has 5 nitrogen and oxygen atoms in total. The van der Waals surface area contributed by atoms with Crippen molar-refractivity contribution in [1.29, 1.82) is 0 Å². The number of carboxylic acid groups (broad SMARTS) is 1. The number of benzene rings is 1. The van der Waals surface area contributed by atoms with Gasteiger partial charge in [-0.3, -0.25) is 4.79 Å². The summed E-state index contributed by atoms with van der Waals surface area (Å²) in [6, 6.07) is 6.42. The molecule has 3 N–H and O–H groups in total. The molecule has 1 amide bonds. The lowest BCUT2D eigenvalue weighted by molar-refractivity contribution is -0.149. The van der Waals surface area contributed by atoms with Crippen LogP contribution in [0.2, 0.25) is 0 Å². The first-order valence-corrected chi connectivity index (χ1v) is 6.84. The second-order valence-electron chi connectivity index (χ2n) is 5.34. The van der Waals surface area contributed by atoms with Gasteiger partial charge in [-0.25, -0.2) is 4.79 Å². The van der Waals surface area contributed by atoms with Crippen molar-refractivity contribution < 1.29 is 19.8 Å². The van der Waals surface area contributed by atoms with E-state index in [1.807, 2.05) is 0 Å². The van der Waals surface area contributed by atoms with Gasteiger partial charge in [-0.05, 0) is 30.5 Å². The van der Waals surface area contributed by atoms with Crippen molar-refractivity contribution in [2.45, 2.75) is 44.1 Å². The lowest BCUT2D eigenvalue weighted by Crippen LogP contribution is -2.55. The molecule has 1 aliphatic carbocycles. The van der Waals surface area contributed by atoms with E-state index in [1.165, 1.54) is 12.1 Å². The Kier molecular flexibility index (Phi) is 4.27. The van der Waals surface area contributed by atoms with Gasteiger partial charge in [0.05, 0.1) is 6.42 Å². The second-order valence-corrected chi connectivity index (χ2v) is 5.34. The minimum Gasteiger partial charge on any atom is -0.508 e. The Hall–Kier alpha value is -2.04. The molecule has 0 spiro atoms. The molecule has 0 radical (unpaired) electrons. The number of hydrogen-bond acceptors (Lipinski definition) is 3. The molecule has 108 valence electrons. The first-order chi connectivity index (χ1) is 9.52. The Balaban J connectivity index is 2.03. The number of phenols is 1. The molecular formula is C15H19NO4. The molecule has 1 aromatic rings. The van der Waals surface area contributed by atoms with Crippen LogP contribution < -0.4 is 5.32 Å². The number of hydrogen-bond donors (Lipinski definition) is 3. The number of phenolic OH excluding ortho intramolecular Hbond substituents is 1. The van der Waals surface area contributed by atoms with Gasteiger partial charge in [0.15, 0.2) is 0 Å². The maximum Gasteiger partial charge on any atom is 0.329 e. The number of carbonyl (C=O) groups is 2. The number of carboxylic acids is 1. The fraction of sp³-hybridized carbons (Fsp3) is 0.467. The van der Waals surface area contributed by atoms with Crippen LogP contribution in [0.5, 0.6) is 5.75 Å². The number of aliphatic carboxylic acids is 1. The van der Waals surface area contributed by atoms with E-state index in [4.69, 9.17) is 0 Å². The Morgan fingerprint density at radius 1 is 1.20 bits per heavy atom. The van der Waals surface area contributed by atoms with E-state index in [-0.39, 0.29) is 18.1 Å². The lowest BCUT2D eigenvalue weighted by Gasteiger charge is -2.34. The first kappa shape index (κ1) is 14.4. The molecule has 1 aliphatic rings. The summed E-state index contributed by atoms with van der Waals surface area (Å²) in [5, 5.41) is 21.4. The van der Waals surface area contributed by atoms with Crippen LogP contribution in [0.25, 0.3) is 0 Å². The number of aromatic hydroxyl groups is 1. The Labute approximate surface area is 117 Å². The number of carbonyl (C=O) groups excluding carboxylic acids is 1. The predicted octanol–water partition coefficient (Wildman–Crippen LogP) is 1.84. The Bertz CT molecular complexity index is 506. The largest absolute Gasteiger partial charge is 0.508 e. The number of nitrogens with one attached hydrogen (secondary N) is 1. The van der Waals surface area contributed by atoms with Crippen molar-refractivity contribution in [3.05, 3.63) is 29.8 Å². The third-order valence-electron chi connectivity index (χ3n) is 3.77. The molecule has 0 aromatic heterocycles. The third-order valence-corrected chi connectivity index (χ3v) is 3.77. The highest BCUT2D eigenvalue weighted by molar-refractivity contribution is 5.88. The molecule has 0 unspecified atom stereocenters. The van der Waals surface area contributed by atoms with E-state index in [0.29, 0.717) is 18.4 Å². The highest BCUT2D eigenvalue weighted by Gasteiger charge is 2.40. The van der Waals surface area contributed by atoms with Gasteiger partial charge in [0.2, 0.25) is 5.91 Å². The van der Waals surface area contributed by atoms with Crippen LogP contribution in [0, 0.1) is 0 Å². The van der Waals surface area contributed by atoms with Crippen molar-refractivity contribution >= 4 is 11.9 Å². The summed E-state index contributed by atoms with van der Waals surface area (Å²) in [5.41, 5.74) is -0.453. The second kappa shape index (κ2) is 5.94. The minimum absolute atomic E-state index is 0.0728. The van der Waals surface area contributed by atoms with Crippen molar-refractivity contribution in [3.8, 4) is 5.75 Å². The van der Waals surface area contributed by atoms with Crippen LogP contribution in [0.4, 0.5) is 0 Å². The van der Waals surface area contributed by atoms with Crippen LogP contribution in [0.1, 0.15) is 37.7 Å². The summed E-state index contributed by atoms with van der Waals surface area (Å²) in [4.78, 5) is 23.5. The zero-order valence-electron chi connectivity index (χ0n) is 11.3. The average molecular weight is 277 g/mol. The SMILES string of the molecule is O=C(Cc1cccc(O)c1)NC1(C(=O)O)CCCCC1. The standard InChI is InChI=1S/C15H19NO4/c17-12-6-4-5-11(9-12)10-13(18)16-15(14(19)20)7-2-1-3-8-15/h4-6,9,17H,1-3,7-8,10H2,(H,16,18)(H,19,20). The van der Waals surface area contributed by atoms with E-state index < -0.39 is 11.5 Å². The quantitative estimate of drug-likeness (QED) is 0.783. The van der Waals surface area contributed by atoms with E-state index in [0.717, 1.165) is 19.3 Å². The molecule has 2 rings (SSSR count). The maximum atomic E-state index is 12.0. The van der Waals surface area contributed by atoms with Crippen molar-refractivity contribution in [2.24, 2.45) is 0 Å². The van der Waals surface area contributed by atoms with E-state index in [9.17, 15) is 19.8 Å². The van der Waals surface area contributed by atoms with Crippen molar-refractivity contribution in [2.75, 3.05) is 0 Å². The summed E-state index contributed by atoms with van der Waals surface area (Å²) in [5.74, 6) is -1.18. The summed E-state index contributed by atoms with van der Waals surface area (Å²) < 4.78 is 0. The van der Waals surface area contributed by atoms with E-state index in [2.05, 4.69) is 5.32 Å². The molecule has 1 saturated carbocycles. The van der Waals surface area contributed by atoms with Crippen molar-refractivity contribution in [3.63, 3.8) is 0 Å². The van der Waals surface area contributed by atoms with Crippen LogP contribution in [0.15, 0.2) is 24.3 Å². The highest BCUT2D eigenvalue weighted by Crippen LogP contribution is 2.28. The smallest absolute Gasteiger partial charge is 0.329 e. The fourth-order valence-corrected chi connectivity index (χ4v) is 2.71. The monoisotopic (exact) mass is 277 g/mol. The van der Waals surface area contributed by atoms with Crippen LogP contribution >= 0.6 is 0 Å². The van der Waals surface area contributed by atoms with Gasteiger partial charge >= 0.3 is 5.97 Å². The summed E-state index contributed by atoms with van der Waals surface area (Å²) in [6.07, 6.45) is 3.68. The molecule has 0 bridgehead atoms. The first-order valence-electron chi connectivity index (χ1n) is 6.84. The van der Waals surface area contributed by atoms with Gasteiger partial charge in [0.25, 0.3) is 0 Å². The lowest BCUT2D eigenvalue weighted by atomic mass is 9.81. The molecule has 20 heavy (non-hydrogen) atoms. The van der Waals surface area contributed by atoms with Crippen LogP contribution in [0.3, 0.4) is 0 Å². The summed E-state index contributed by atoms with van der Waals surface area (Å²) in [7, 11) is 0. The molecule has 0 atom stereocenters. The Morgan fingerprint density at radius 3 is 2.50 bits per heavy atom. The average Bonchev–Trinajstić information content (AvgIpc) is 2.39. The molecule has 0 saturated heterocycles. The zero-order chi connectivity index (χ0) is 14.6. The van der Waals surface area contributed by atoms with Crippen LogP contribution in [-0.2, 0) is 16.0 Å². The number of amides is 1. The van der Waals surface area contributed by atoms with E-state index in [1.54, 1.807) is 12.1 Å². The van der Waals surface area contributed by atoms with Gasteiger partial charge in [-0.1, -0.05) is 31.4 Å². The molecule has 1 fully saturated rings. The normalized spacial score (nSPS) is 17.4. The molecule has 0 aliphatic heterocycles. The third kappa shape index (κ3) is 3.29. The predicted molar refractivity (Wildman–Crippen MR) is 73.4 cm³/mol. The summed E-state index contributed by atoms with van der Waals surface area (Å²) >= 11 is 0. The number of rotatable bonds is 4. The molecule has 1 aromatic carbocycles. The van der Waals surface area contributed by atoms with Gasteiger partial charge in [-0.15, -0.1) is 0 Å². The van der Waals surface area contributed by atoms with Crippen LogP contribution in [-0.4, -0.2) is 27.6 Å². The molecule has 5 heteroatoms. The van der Waals surface area contributed by atoms with Gasteiger partial charge in [0, 0.05) is 0 Å². The fourth-order valence-electron chi connectivity index (χ4n) is 2.71. The maximum absolute atomic E-state index is 12.0. The zero-order valence-corrected chi connectivity index (χ0v) is 11.3. The summed E-state index contributed by atoms with van der Waals surface area (Å²) in [6.45, 7) is 0. The molecule has 0 heterocycles.